The first-order valence-corrected chi connectivity index (χ1v) is 20.2. The van der Waals surface area contributed by atoms with Crippen molar-refractivity contribution in [1.82, 2.24) is 24.9 Å². The van der Waals surface area contributed by atoms with Crippen molar-refractivity contribution in [3.05, 3.63) is 212 Å². The second-order valence-electron chi connectivity index (χ2n) is 14.9. The first-order valence-electron chi connectivity index (χ1n) is 20.2. The van der Waals surface area contributed by atoms with Crippen LogP contribution in [-0.4, -0.2) is 24.9 Å². The molecule has 61 heavy (non-hydrogen) atoms. The number of furan rings is 1. The van der Waals surface area contributed by atoms with Crippen LogP contribution in [0.5, 0.6) is 0 Å². The molecule has 0 unspecified atom stereocenters. The van der Waals surface area contributed by atoms with Crippen molar-refractivity contribution in [3.63, 3.8) is 0 Å². The lowest BCUT2D eigenvalue weighted by molar-refractivity contribution is 0.669. The van der Waals surface area contributed by atoms with Gasteiger partial charge in [-0.1, -0.05) is 170 Å². The molecule has 0 fully saturated rings. The summed E-state index contributed by atoms with van der Waals surface area (Å²) in [6, 6.07) is 72.4. The van der Waals surface area contributed by atoms with Gasteiger partial charge in [-0.05, 0) is 64.7 Å². The normalized spacial score (nSPS) is 11.3. The third-order valence-electron chi connectivity index (χ3n) is 10.9. The van der Waals surface area contributed by atoms with Gasteiger partial charge in [0.05, 0.1) is 11.4 Å². The minimum atomic E-state index is 0.571. The fraction of sp³-hybridized carbons (Fsp3) is 0. The summed E-state index contributed by atoms with van der Waals surface area (Å²) in [5.74, 6) is 2.42. The van der Waals surface area contributed by atoms with Crippen molar-refractivity contribution in [2.75, 3.05) is 0 Å². The van der Waals surface area contributed by atoms with E-state index in [1.807, 2.05) is 78.9 Å². The molecule has 0 N–H and O–H groups in total. The van der Waals surface area contributed by atoms with Gasteiger partial charge in [-0.25, -0.2) is 24.9 Å². The van der Waals surface area contributed by atoms with Crippen LogP contribution in [0.4, 0.5) is 0 Å². The summed E-state index contributed by atoms with van der Waals surface area (Å²) in [6.07, 6.45) is 0. The van der Waals surface area contributed by atoms with Crippen LogP contribution in [0, 0.1) is 0 Å². The average molecular weight is 782 g/mol. The van der Waals surface area contributed by atoms with Crippen LogP contribution in [0.3, 0.4) is 0 Å². The van der Waals surface area contributed by atoms with Crippen molar-refractivity contribution < 1.29 is 4.42 Å². The maximum Gasteiger partial charge on any atom is 0.164 e. The van der Waals surface area contributed by atoms with E-state index in [4.69, 9.17) is 29.3 Å². The molecule has 0 amide bonds. The molecule has 8 aromatic carbocycles. The number of aromatic nitrogens is 5. The minimum absolute atomic E-state index is 0.571. The predicted molar refractivity (Wildman–Crippen MR) is 246 cm³/mol. The van der Waals surface area contributed by atoms with Crippen LogP contribution in [0.15, 0.2) is 217 Å². The Morgan fingerprint density at radius 3 is 1.21 bits per heavy atom. The molecule has 6 heteroatoms. The zero-order valence-electron chi connectivity index (χ0n) is 32.9. The topological polar surface area (TPSA) is 77.6 Å². The van der Waals surface area contributed by atoms with Crippen molar-refractivity contribution in [2.24, 2.45) is 0 Å². The van der Waals surface area contributed by atoms with Gasteiger partial charge in [0.1, 0.15) is 11.2 Å². The van der Waals surface area contributed by atoms with Crippen molar-refractivity contribution in [2.45, 2.75) is 0 Å². The molecular formula is C55H35N5O. The van der Waals surface area contributed by atoms with Crippen molar-refractivity contribution >= 4 is 21.9 Å². The number of benzene rings is 8. The van der Waals surface area contributed by atoms with Gasteiger partial charge in [-0.3, -0.25) is 0 Å². The number of nitrogens with zero attached hydrogens (tertiary/aromatic N) is 5. The highest BCUT2D eigenvalue weighted by molar-refractivity contribution is 6.05. The van der Waals surface area contributed by atoms with E-state index >= 15 is 0 Å². The van der Waals surface area contributed by atoms with E-state index in [0.717, 1.165) is 89.0 Å². The first kappa shape index (κ1) is 35.8. The molecule has 0 aliphatic carbocycles. The Bertz CT molecular complexity index is 3360. The van der Waals surface area contributed by atoms with Gasteiger partial charge in [-0.2, -0.15) is 0 Å². The molecule has 3 aromatic heterocycles. The monoisotopic (exact) mass is 781 g/mol. The van der Waals surface area contributed by atoms with Crippen LogP contribution in [0.1, 0.15) is 0 Å². The molecule has 11 aromatic rings. The number of rotatable bonds is 8. The Labute approximate surface area is 352 Å². The van der Waals surface area contributed by atoms with E-state index < -0.39 is 0 Å². The molecule has 0 saturated heterocycles. The summed E-state index contributed by atoms with van der Waals surface area (Å²) < 4.78 is 6.25. The highest BCUT2D eigenvalue weighted by atomic mass is 16.3. The molecule has 0 saturated carbocycles. The standard InChI is InChI=1S/C55H35N5O/c1-4-15-36(16-5-1)39-21-12-24-42(31-39)48-35-49(57-52(56-48)37-17-6-2-7-18-37)43-25-13-22-40(32-43)41-23-14-26-44(33-41)54-58-53(38-19-8-3-9-20-38)59-55(60-54)45-29-30-47-46-27-10-11-28-50(46)61-51(47)34-45/h1-35H. The van der Waals surface area contributed by atoms with Gasteiger partial charge in [0.25, 0.3) is 0 Å². The molecule has 0 spiro atoms. The van der Waals surface area contributed by atoms with Crippen LogP contribution in [-0.2, 0) is 0 Å². The van der Waals surface area contributed by atoms with Gasteiger partial charge in [0.15, 0.2) is 23.3 Å². The zero-order valence-corrected chi connectivity index (χ0v) is 32.9. The first-order chi connectivity index (χ1) is 30.2. The van der Waals surface area contributed by atoms with Crippen molar-refractivity contribution in [1.29, 1.82) is 0 Å². The van der Waals surface area contributed by atoms with Crippen LogP contribution < -0.4 is 0 Å². The lowest BCUT2D eigenvalue weighted by atomic mass is 9.98. The molecule has 0 aliphatic rings. The van der Waals surface area contributed by atoms with Gasteiger partial charge in [-0.15, -0.1) is 0 Å². The summed E-state index contributed by atoms with van der Waals surface area (Å²) in [6.45, 7) is 0. The third kappa shape index (κ3) is 7.13. The zero-order chi connectivity index (χ0) is 40.5. The van der Waals surface area contributed by atoms with E-state index in [0.29, 0.717) is 23.3 Å². The van der Waals surface area contributed by atoms with Gasteiger partial charge in [0, 0.05) is 44.2 Å². The second-order valence-corrected chi connectivity index (χ2v) is 14.9. The van der Waals surface area contributed by atoms with E-state index in [2.05, 4.69) is 133 Å². The summed E-state index contributed by atoms with van der Waals surface area (Å²) in [5, 5.41) is 2.13. The van der Waals surface area contributed by atoms with E-state index in [-0.39, 0.29) is 0 Å². The largest absolute Gasteiger partial charge is 0.456 e. The molecule has 3 heterocycles. The molecule has 0 atom stereocenters. The molecule has 0 aliphatic heterocycles. The average Bonchev–Trinajstić information content (AvgIpc) is 3.73. The Morgan fingerprint density at radius 2 is 0.623 bits per heavy atom. The predicted octanol–water partition coefficient (Wildman–Crippen LogP) is 13.9. The van der Waals surface area contributed by atoms with Crippen LogP contribution in [0.2, 0.25) is 0 Å². The van der Waals surface area contributed by atoms with E-state index in [1.165, 1.54) is 0 Å². The summed E-state index contributed by atoms with van der Waals surface area (Å²) >= 11 is 0. The fourth-order valence-electron chi connectivity index (χ4n) is 7.86. The van der Waals surface area contributed by atoms with Gasteiger partial charge >= 0.3 is 0 Å². The molecule has 6 nitrogen and oxygen atoms in total. The fourth-order valence-corrected chi connectivity index (χ4v) is 7.86. The highest BCUT2D eigenvalue weighted by Gasteiger charge is 2.16. The molecule has 286 valence electrons. The number of fused-ring (bicyclic) bond motifs is 3. The maximum atomic E-state index is 6.25. The number of para-hydroxylation sites is 1. The smallest absolute Gasteiger partial charge is 0.164 e. The van der Waals surface area contributed by atoms with Crippen molar-refractivity contribution in [3.8, 4) is 90.3 Å². The Kier molecular flexibility index (Phi) is 9.06. The summed E-state index contributed by atoms with van der Waals surface area (Å²) in [5.41, 5.74) is 13.3. The number of hydrogen-bond acceptors (Lipinski definition) is 6. The molecule has 11 rings (SSSR count). The molecule has 0 radical (unpaired) electrons. The summed E-state index contributed by atoms with van der Waals surface area (Å²) in [4.78, 5) is 25.4. The van der Waals surface area contributed by atoms with Crippen LogP contribution >= 0.6 is 0 Å². The van der Waals surface area contributed by atoms with E-state index in [1.54, 1.807) is 0 Å². The lowest BCUT2D eigenvalue weighted by Crippen LogP contribution is -2.00. The number of hydrogen-bond donors (Lipinski definition) is 0. The minimum Gasteiger partial charge on any atom is -0.456 e. The van der Waals surface area contributed by atoms with Gasteiger partial charge < -0.3 is 4.42 Å². The summed E-state index contributed by atoms with van der Waals surface area (Å²) in [7, 11) is 0. The Hall–Kier alpha value is -8.35. The molecule has 0 bridgehead atoms. The maximum absolute atomic E-state index is 6.25. The highest BCUT2D eigenvalue weighted by Crippen LogP contribution is 2.35. The van der Waals surface area contributed by atoms with E-state index in [9.17, 15) is 0 Å². The van der Waals surface area contributed by atoms with Crippen LogP contribution in [0.25, 0.3) is 112 Å². The molecular weight excluding hydrogens is 747 g/mol. The Balaban J connectivity index is 0.989. The quantitative estimate of drug-likeness (QED) is 0.153. The third-order valence-corrected chi connectivity index (χ3v) is 10.9. The lowest BCUT2D eigenvalue weighted by Gasteiger charge is -2.12. The van der Waals surface area contributed by atoms with Gasteiger partial charge in [0.2, 0.25) is 0 Å². The SMILES string of the molecule is c1ccc(-c2cccc(-c3cc(-c4cccc(-c5cccc(-c6nc(-c7ccccc7)nc(-c7ccc8c(c7)oc7ccccc78)n6)c5)c4)nc(-c4ccccc4)n3)c2)cc1. The Morgan fingerprint density at radius 1 is 0.230 bits per heavy atom. The second kappa shape index (κ2) is 15.4.